The summed E-state index contributed by atoms with van der Waals surface area (Å²) in [5.74, 6) is 0.133. The summed E-state index contributed by atoms with van der Waals surface area (Å²) in [7, 11) is 0. The maximum Gasteiger partial charge on any atom is 0.249 e. The van der Waals surface area contributed by atoms with E-state index in [0.29, 0.717) is 0 Å². The molecule has 15 heavy (non-hydrogen) atoms. The molecule has 0 aliphatic heterocycles. The summed E-state index contributed by atoms with van der Waals surface area (Å²) in [5.41, 5.74) is 0.807. The van der Waals surface area contributed by atoms with Crippen molar-refractivity contribution in [3.63, 3.8) is 0 Å². The number of hydrogen-bond acceptors (Lipinski definition) is 2. The van der Waals surface area contributed by atoms with E-state index in [1.807, 2.05) is 49.3 Å². The highest BCUT2D eigenvalue weighted by Gasteiger charge is 2.11. The quantitative estimate of drug-likeness (QED) is 0.718. The molecule has 0 fully saturated rings. The van der Waals surface area contributed by atoms with Gasteiger partial charge in [-0.3, -0.25) is 4.79 Å². The Balaban J connectivity index is 2.75. The Morgan fingerprint density at radius 1 is 1.47 bits per heavy atom. The van der Waals surface area contributed by atoms with Gasteiger partial charge in [0.15, 0.2) is 0 Å². The van der Waals surface area contributed by atoms with E-state index in [0.717, 1.165) is 23.5 Å². The minimum atomic E-state index is 0.133. The van der Waals surface area contributed by atoms with E-state index in [2.05, 4.69) is 0 Å². The number of carbonyl (C=O) groups is 1. The van der Waals surface area contributed by atoms with Crippen LogP contribution >= 0.6 is 11.3 Å². The molecule has 0 aliphatic rings. The summed E-state index contributed by atoms with van der Waals surface area (Å²) >= 11 is 1.65. The summed E-state index contributed by atoms with van der Waals surface area (Å²) < 4.78 is 0. The average Bonchev–Trinajstić information content (AvgIpc) is 2.72. The van der Waals surface area contributed by atoms with Gasteiger partial charge in [-0.2, -0.15) is 0 Å². The van der Waals surface area contributed by atoms with Gasteiger partial charge in [0.05, 0.1) is 0 Å². The van der Waals surface area contributed by atoms with Crippen LogP contribution in [0.15, 0.2) is 23.1 Å². The van der Waals surface area contributed by atoms with Crippen LogP contribution in [0.4, 0.5) is 0 Å². The zero-order chi connectivity index (χ0) is 11.3. The first-order chi connectivity index (χ1) is 7.19. The molecular weight excluding hydrogens is 206 g/mol. The van der Waals surface area contributed by atoms with E-state index in [1.165, 1.54) is 0 Å². The normalized spacial score (nSPS) is 11.5. The Hall–Kier alpha value is -1.09. The minimum Gasteiger partial charge on any atom is -0.339 e. The molecule has 0 aliphatic carbocycles. The molecule has 1 rings (SSSR count). The summed E-state index contributed by atoms with van der Waals surface area (Å²) in [4.78, 5) is 14.9. The van der Waals surface area contributed by atoms with E-state index in [9.17, 15) is 4.79 Å². The molecule has 0 saturated carbocycles. The first-order valence-electron chi connectivity index (χ1n) is 5.20. The van der Waals surface area contributed by atoms with E-state index in [4.69, 9.17) is 0 Å². The molecule has 0 aromatic carbocycles. The molecular formula is C12H17NOS. The van der Waals surface area contributed by atoms with Gasteiger partial charge in [-0.25, -0.2) is 0 Å². The van der Waals surface area contributed by atoms with Crippen LogP contribution in [0.2, 0.25) is 0 Å². The first kappa shape index (κ1) is 12.0. The van der Waals surface area contributed by atoms with Gasteiger partial charge in [-0.15, -0.1) is 11.3 Å². The molecule has 2 nitrogen and oxygen atoms in total. The van der Waals surface area contributed by atoms with Gasteiger partial charge in [0.25, 0.3) is 0 Å². The van der Waals surface area contributed by atoms with Crippen LogP contribution in [0.5, 0.6) is 0 Å². The fraction of sp³-hybridized carbons (Fsp3) is 0.417. The standard InChI is InChI=1S/C12H17NOS/c1-4-13(5-2)12(14)10(3)9-11-7-6-8-15-11/h6-9H,4-5H2,1-3H3/b10-9+. The molecule has 0 unspecified atom stereocenters. The van der Waals surface area contributed by atoms with Gasteiger partial charge in [-0.05, 0) is 38.3 Å². The van der Waals surface area contributed by atoms with Gasteiger partial charge in [0.1, 0.15) is 0 Å². The third kappa shape index (κ3) is 3.20. The Kier molecular flexibility index (Phi) is 4.56. The monoisotopic (exact) mass is 223 g/mol. The highest BCUT2D eigenvalue weighted by atomic mass is 32.1. The summed E-state index contributed by atoms with van der Waals surface area (Å²) in [6.07, 6.45) is 1.95. The Morgan fingerprint density at radius 3 is 2.60 bits per heavy atom. The fourth-order valence-electron chi connectivity index (χ4n) is 1.41. The molecule has 0 spiro atoms. The molecule has 1 heterocycles. The van der Waals surface area contributed by atoms with Crippen molar-refractivity contribution in [1.82, 2.24) is 4.90 Å². The molecule has 3 heteroatoms. The highest BCUT2D eigenvalue weighted by molar-refractivity contribution is 7.10. The predicted octanol–water partition coefficient (Wildman–Crippen LogP) is 3.02. The zero-order valence-electron chi connectivity index (χ0n) is 9.49. The number of carbonyl (C=O) groups excluding carboxylic acids is 1. The van der Waals surface area contributed by atoms with E-state index < -0.39 is 0 Å². The second-order valence-corrected chi connectivity index (χ2v) is 4.30. The van der Waals surface area contributed by atoms with Gasteiger partial charge < -0.3 is 4.90 Å². The van der Waals surface area contributed by atoms with Crippen LogP contribution < -0.4 is 0 Å². The lowest BCUT2D eigenvalue weighted by atomic mass is 10.2. The van der Waals surface area contributed by atoms with Crippen molar-refractivity contribution in [2.24, 2.45) is 0 Å². The third-order valence-corrected chi connectivity index (χ3v) is 3.11. The van der Waals surface area contributed by atoms with Gasteiger partial charge in [0, 0.05) is 23.5 Å². The summed E-state index contributed by atoms with van der Waals surface area (Å²) in [6.45, 7) is 7.41. The maximum atomic E-state index is 11.9. The van der Waals surface area contributed by atoms with Crippen molar-refractivity contribution in [2.75, 3.05) is 13.1 Å². The van der Waals surface area contributed by atoms with E-state index >= 15 is 0 Å². The van der Waals surface area contributed by atoms with Crippen molar-refractivity contribution in [3.05, 3.63) is 28.0 Å². The Bertz CT molecular complexity index is 337. The number of rotatable bonds is 4. The van der Waals surface area contributed by atoms with Crippen LogP contribution in [0, 0.1) is 0 Å². The van der Waals surface area contributed by atoms with Crippen molar-refractivity contribution >= 4 is 23.3 Å². The largest absolute Gasteiger partial charge is 0.339 e. The van der Waals surface area contributed by atoms with Crippen molar-refractivity contribution in [3.8, 4) is 0 Å². The van der Waals surface area contributed by atoms with Gasteiger partial charge >= 0.3 is 0 Å². The van der Waals surface area contributed by atoms with Crippen LogP contribution in [0.25, 0.3) is 6.08 Å². The fourth-order valence-corrected chi connectivity index (χ4v) is 2.12. The van der Waals surface area contributed by atoms with E-state index in [-0.39, 0.29) is 5.91 Å². The predicted molar refractivity (Wildman–Crippen MR) is 65.9 cm³/mol. The summed E-state index contributed by atoms with van der Waals surface area (Å²) in [5, 5.41) is 2.01. The number of nitrogens with zero attached hydrogens (tertiary/aromatic N) is 1. The SMILES string of the molecule is CCN(CC)C(=O)/C(C)=C/c1cccs1. The van der Waals surface area contributed by atoms with Crippen LogP contribution in [0.1, 0.15) is 25.6 Å². The molecule has 0 saturated heterocycles. The number of amides is 1. The smallest absolute Gasteiger partial charge is 0.249 e. The molecule has 1 amide bonds. The lowest BCUT2D eigenvalue weighted by molar-refractivity contribution is -0.126. The van der Waals surface area contributed by atoms with Crippen molar-refractivity contribution in [2.45, 2.75) is 20.8 Å². The maximum absolute atomic E-state index is 11.9. The molecule has 82 valence electrons. The van der Waals surface area contributed by atoms with Crippen LogP contribution in [-0.4, -0.2) is 23.9 Å². The number of thiophene rings is 1. The molecule has 1 aromatic rings. The molecule has 1 aromatic heterocycles. The second-order valence-electron chi connectivity index (χ2n) is 3.32. The topological polar surface area (TPSA) is 20.3 Å². The Morgan fingerprint density at radius 2 is 2.13 bits per heavy atom. The lowest BCUT2D eigenvalue weighted by Gasteiger charge is -2.18. The van der Waals surface area contributed by atoms with Crippen molar-refractivity contribution < 1.29 is 4.79 Å². The third-order valence-electron chi connectivity index (χ3n) is 2.29. The first-order valence-corrected chi connectivity index (χ1v) is 6.08. The molecule has 0 atom stereocenters. The van der Waals surface area contributed by atoms with Crippen molar-refractivity contribution in [1.29, 1.82) is 0 Å². The molecule has 0 N–H and O–H groups in total. The number of likely N-dealkylation sites (N-methyl/N-ethyl adjacent to an activating group) is 1. The van der Waals surface area contributed by atoms with Gasteiger partial charge in [0.2, 0.25) is 5.91 Å². The number of hydrogen-bond donors (Lipinski definition) is 0. The Labute approximate surface area is 95.2 Å². The van der Waals surface area contributed by atoms with E-state index in [1.54, 1.807) is 11.3 Å². The second kappa shape index (κ2) is 5.71. The lowest BCUT2D eigenvalue weighted by Crippen LogP contribution is -2.30. The average molecular weight is 223 g/mol. The van der Waals surface area contributed by atoms with Crippen LogP contribution in [0.3, 0.4) is 0 Å². The summed E-state index contributed by atoms with van der Waals surface area (Å²) in [6, 6.07) is 4.01. The molecule has 0 radical (unpaired) electrons. The highest BCUT2D eigenvalue weighted by Crippen LogP contribution is 2.14. The zero-order valence-corrected chi connectivity index (χ0v) is 10.3. The minimum absolute atomic E-state index is 0.133. The van der Waals surface area contributed by atoms with Gasteiger partial charge in [-0.1, -0.05) is 6.07 Å². The van der Waals surface area contributed by atoms with Crippen LogP contribution in [-0.2, 0) is 4.79 Å². The molecule has 0 bridgehead atoms.